The molecule has 1 amide bonds. The number of benzene rings is 1. The molecule has 0 bridgehead atoms. The number of carbonyl (C=O) groups excluding carboxylic acids is 1. The molecule has 3 rings (SSSR count). The van der Waals surface area contributed by atoms with Gasteiger partial charge in [0.1, 0.15) is 6.10 Å². The lowest BCUT2D eigenvalue weighted by atomic mass is 10.0. The Balaban J connectivity index is 1.67. The first-order valence-corrected chi connectivity index (χ1v) is 7.12. The number of hydrogen-bond donors (Lipinski definition) is 2. The van der Waals surface area contributed by atoms with Gasteiger partial charge >= 0.3 is 0 Å². The summed E-state index contributed by atoms with van der Waals surface area (Å²) >= 11 is 0. The average molecular weight is 260 g/mol. The second-order valence-electron chi connectivity index (χ2n) is 5.25. The Morgan fingerprint density at radius 3 is 3.11 bits per heavy atom. The van der Waals surface area contributed by atoms with Gasteiger partial charge in [0.25, 0.3) is 5.91 Å². The molecule has 0 radical (unpaired) electrons. The van der Waals surface area contributed by atoms with E-state index in [1.165, 1.54) is 12.0 Å². The Hall–Kier alpha value is -1.55. The second kappa shape index (κ2) is 5.61. The van der Waals surface area contributed by atoms with Crippen LogP contribution in [0.2, 0.25) is 0 Å². The van der Waals surface area contributed by atoms with Crippen LogP contribution in [-0.2, 0) is 16.0 Å². The predicted molar refractivity (Wildman–Crippen MR) is 75.5 cm³/mol. The van der Waals surface area contributed by atoms with Gasteiger partial charge in [-0.05, 0) is 49.8 Å². The summed E-state index contributed by atoms with van der Waals surface area (Å²) in [6.45, 7) is 1.71. The molecule has 0 saturated carbocycles. The van der Waals surface area contributed by atoms with Crippen LogP contribution in [0.4, 0.5) is 11.4 Å². The van der Waals surface area contributed by atoms with Crippen molar-refractivity contribution in [1.29, 1.82) is 0 Å². The molecular formula is C15H20N2O2. The van der Waals surface area contributed by atoms with E-state index in [9.17, 15) is 4.79 Å². The third-order valence-corrected chi connectivity index (χ3v) is 3.79. The Morgan fingerprint density at radius 1 is 1.32 bits per heavy atom. The third kappa shape index (κ3) is 2.89. The highest BCUT2D eigenvalue weighted by Crippen LogP contribution is 2.25. The molecule has 2 aliphatic heterocycles. The molecule has 0 aromatic heterocycles. The maximum atomic E-state index is 12.1. The van der Waals surface area contributed by atoms with Crippen molar-refractivity contribution < 1.29 is 9.53 Å². The van der Waals surface area contributed by atoms with Crippen molar-refractivity contribution in [3.8, 4) is 0 Å². The van der Waals surface area contributed by atoms with E-state index in [1.807, 2.05) is 12.1 Å². The summed E-state index contributed by atoms with van der Waals surface area (Å²) in [5, 5.41) is 6.33. The molecule has 2 aliphatic rings. The fourth-order valence-electron chi connectivity index (χ4n) is 2.71. The minimum absolute atomic E-state index is 0.0181. The van der Waals surface area contributed by atoms with Crippen LogP contribution < -0.4 is 10.6 Å². The number of fused-ring (bicyclic) bond motifs is 1. The highest BCUT2D eigenvalue weighted by atomic mass is 16.5. The molecular weight excluding hydrogens is 240 g/mol. The van der Waals surface area contributed by atoms with E-state index in [0.717, 1.165) is 43.6 Å². The van der Waals surface area contributed by atoms with Crippen LogP contribution in [0, 0.1) is 0 Å². The van der Waals surface area contributed by atoms with Crippen molar-refractivity contribution in [3.05, 3.63) is 23.8 Å². The van der Waals surface area contributed by atoms with Crippen molar-refractivity contribution in [2.24, 2.45) is 0 Å². The molecule has 1 unspecified atom stereocenters. The van der Waals surface area contributed by atoms with Gasteiger partial charge < -0.3 is 15.4 Å². The van der Waals surface area contributed by atoms with Gasteiger partial charge in [-0.1, -0.05) is 6.07 Å². The topological polar surface area (TPSA) is 50.4 Å². The number of aryl methyl sites for hydroxylation is 1. The van der Waals surface area contributed by atoms with Gasteiger partial charge in [-0.25, -0.2) is 0 Å². The lowest BCUT2D eigenvalue weighted by molar-refractivity contribution is -0.129. The second-order valence-corrected chi connectivity index (χ2v) is 5.25. The first kappa shape index (κ1) is 12.5. The Kier molecular flexibility index (Phi) is 3.69. The van der Waals surface area contributed by atoms with Crippen LogP contribution in [-0.4, -0.2) is 25.2 Å². The molecule has 19 heavy (non-hydrogen) atoms. The van der Waals surface area contributed by atoms with Crippen LogP contribution in [0.3, 0.4) is 0 Å². The molecule has 102 valence electrons. The maximum absolute atomic E-state index is 12.1. The van der Waals surface area contributed by atoms with Gasteiger partial charge in [0.2, 0.25) is 0 Å². The Labute approximate surface area is 113 Å². The first-order valence-electron chi connectivity index (χ1n) is 7.12. The highest BCUT2D eigenvalue weighted by Gasteiger charge is 2.22. The summed E-state index contributed by atoms with van der Waals surface area (Å²) in [6.07, 6.45) is 4.97. The van der Waals surface area contributed by atoms with Gasteiger partial charge in [0, 0.05) is 24.5 Å². The van der Waals surface area contributed by atoms with Crippen LogP contribution in [0.5, 0.6) is 0 Å². The molecule has 1 aromatic rings. The Morgan fingerprint density at radius 2 is 2.26 bits per heavy atom. The van der Waals surface area contributed by atoms with Gasteiger partial charge in [0.05, 0.1) is 0 Å². The zero-order valence-corrected chi connectivity index (χ0v) is 11.1. The quantitative estimate of drug-likeness (QED) is 0.859. The molecule has 1 saturated heterocycles. The number of hydrogen-bond acceptors (Lipinski definition) is 3. The van der Waals surface area contributed by atoms with E-state index in [-0.39, 0.29) is 12.0 Å². The van der Waals surface area contributed by atoms with Crippen molar-refractivity contribution in [2.75, 3.05) is 23.8 Å². The lowest BCUT2D eigenvalue weighted by Gasteiger charge is -2.23. The SMILES string of the molecule is O=C(Nc1ccc2c(c1)NCCC2)C1CCCCO1. The van der Waals surface area contributed by atoms with E-state index in [4.69, 9.17) is 4.74 Å². The van der Waals surface area contributed by atoms with E-state index >= 15 is 0 Å². The summed E-state index contributed by atoms with van der Waals surface area (Å²) in [5.41, 5.74) is 3.33. The van der Waals surface area contributed by atoms with E-state index in [1.54, 1.807) is 0 Å². The number of anilines is 2. The first-order chi connectivity index (χ1) is 9.33. The molecule has 2 N–H and O–H groups in total. The van der Waals surface area contributed by atoms with Gasteiger partial charge in [0.15, 0.2) is 0 Å². The molecule has 0 aliphatic carbocycles. The van der Waals surface area contributed by atoms with E-state index < -0.39 is 0 Å². The molecule has 1 atom stereocenters. The van der Waals surface area contributed by atoms with Crippen LogP contribution in [0.15, 0.2) is 18.2 Å². The van der Waals surface area contributed by atoms with E-state index in [0.29, 0.717) is 6.61 Å². The predicted octanol–water partition coefficient (Wildman–Crippen LogP) is 2.55. The lowest BCUT2D eigenvalue weighted by Crippen LogP contribution is -2.33. The molecule has 0 spiro atoms. The summed E-state index contributed by atoms with van der Waals surface area (Å²) in [7, 11) is 0. The van der Waals surface area contributed by atoms with Crippen LogP contribution >= 0.6 is 0 Å². The third-order valence-electron chi connectivity index (χ3n) is 3.79. The zero-order valence-electron chi connectivity index (χ0n) is 11.1. The van der Waals surface area contributed by atoms with Crippen LogP contribution in [0.25, 0.3) is 0 Å². The number of ether oxygens (including phenoxy) is 1. The highest BCUT2D eigenvalue weighted by molar-refractivity contribution is 5.94. The van der Waals surface area contributed by atoms with E-state index in [2.05, 4.69) is 16.7 Å². The summed E-state index contributed by atoms with van der Waals surface area (Å²) in [5.74, 6) is -0.0181. The smallest absolute Gasteiger partial charge is 0.253 e. The molecule has 1 fully saturated rings. The zero-order chi connectivity index (χ0) is 13.1. The summed E-state index contributed by atoms with van der Waals surface area (Å²) in [4.78, 5) is 12.1. The van der Waals surface area contributed by atoms with Gasteiger partial charge in [-0.3, -0.25) is 4.79 Å². The Bertz CT molecular complexity index is 467. The minimum atomic E-state index is -0.280. The molecule has 2 heterocycles. The maximum Gasteiger partial charge on any atom is 0.253 e. The molecule has 4 heteroatoms. The van der Waals surface area contributed by atoms with Crippen molar-refractivity contribution >= 4 is 17.3 Å². The number of amides is 1. The van der Waals surface area contributed by atoms with Crippen LogP contribution in [0.1, 0.15) is 31.2 Å². The van der Waals surface area contributed by atoms with Gasteiger partial charge in [-0.2, -0.15) is 0 Å². The largest absolute Gasteiger partial charge is 0.385 e. The van der Waals surface area contributed by atoms with Gasteiger partial charge in [-0.15, -0.1) is 0 Å². The van der Waals surface area contributed by atoms with Crippen molar-refractivity contribution in [2.45, 2.75) is 38.2 Å². The summed E-state index contributed by atoms with van der Waals surface area (Å²) < 4.78 is 5.50. The molecule has 4 nitrogen and oxygen atoms in total. The fraction of sp³-hybridized carbons (Fsp3) is 0.533. The number of carbonyl (C=O) groups is 1. The number of nitrogens with one attached hydrogen (secondary N) is 2. The summed E-state index contributed by atoms with van der Waals surface area (Å²) in [6, 6.07) is 6.10. The normalized spacial score (nSPS) is 22.2. The average Bonchev–Trinajstić information content (AvgIpc) is 2.48. The van der Waals surface area contributed by atoms with Crippen molar-refractivity contribution in [1.82, 2.24) is 0 Å². The minimum Gasteiger partial charge on any atom is -0.385 e. The monoisotopic (exact) mass is 260 g/mol. The fourth-order valence-corrected chi connectivity index (χ4v) is 2.71. The van der Waals surface area contributed by atoms with Crippen molar-refractivity contribution in [3.63, 3.8) is 0 Å². The number of rotatable bonds is 2. The standard InChI is InChI=1S/C15H20N2O2/c18-15(14-5-1-2-9-19-14)17-12-7-6-11-4-3-8-16-13(11)10-12/h6-7,10,14,16H,1-5,8-9H2,(H,17,18). The molecule has 1 aromatic carbocycles.